The maximum atomic E-state index is 11.3. The molecule has 0 aromatic heterocycles. The second-order valence-corrected chi connectivity index (χ2v) is 5.55. The van der Waals surface area contributed by atoms with Crippen molar-refractivity contribution >= 4 is 5.97 Å². The fourth-order valence-electron chi connectivity index (χ4n) is 2.75. The Labute approximate surface area is 127 Å². The lowest BCUT2D eigenvalue weighted by atomic mass is 10.0. The minimum absolute atomic E-state index is 0.105. The number of nitrogens with one attached hydrogen (secondary N) is 1. The Morgan fingerprint density at radius 2 is 2.00 bits per heavy atom. The number of nitrogens with zero attached hydrogens (tertiary/aromatic N) is 1. The van der Waals surface area contributed by atoms with Gasteiger partial charge in [-0.3, -0.25) is 9.69 Å². The number of rotatable bonds is 7. The third kappa shape index (κ3) is 5.86. The Morgan fingerprint density at radius 3 is 2.67 bits per heavy atom. The Morgan fingerprint density at radius 1 is 1.29 bits per heavy atom. The van der Waals surface area contributed by atoms with Gasteiger partial charge in [0, 0.05) is 19.1 Å². The zero-order valence-electron chi connectivity index (χ0n) is 12.9. The lowest BCUT2D eigenvalue weighted by Gasteiger charge is -2.32. The Bertz CT molecular complexity index is 414. The summed E-state index contributed by atoms with van der Waals surface area (Å²) in [4.78, 5) is 13.8. The highest BCUT2D eigenvalue weighted by Gasteiger charge is 2.18. The van der Waals surface area contributed by atoms with Crippen LogP contribution in [-0.2, 0) is 16.1 Å². The normalized spacial score (nSPS) is 16.8. The lowest BCUT2D eigenvalue weighted by molar-refractivity contribution is -0.143. The van der Waals surface area contributed by atoms with Crippen molar-refractivity contribution in [1.82, 2.24) is 10.2 Å². The van der Waals surface area contributed by atoms with Crippen LogP contribution in [0.2, 0.25) is 0 Å². The van der Waals surface area contributed by atoms with Gasteiger partial charge in [-0.1, -0.05) is 30.3 Å². The number of ether oxygens (including phenoxy) is 1. The molecule has 1 aliphatic heterocycles. The number of hydrogen-bond donors (Lipinski definition) is 1. The van der Waals surface area contributed by atoms with Crippen molar-refractivity contribution in [1.29, 1.82) is 0 Å². The topological polar surface area (TPSA) is 41.6 Å². The van der Waals surface area contributed by atoms with Crippen molar-refractivity contribution in [3.8, 4) is 0 Å². The molecule has 0 saturated carbocycles. The minimum Gasteiger partial charge on any atom is -0.466 e. The van der Waals surface area contributed by atoms with Gasteiger partial charge in [0.25, 0.3) is 0 Å². The number of benzene rings is 1. The quantitative estimate of drug-likeness (QED) is 0.782. The molecule has 1 fully saturated rings. The number of hydrogen-bond acceptors (Lipinski definition) is 4. The summed E-state index contributed by atoms with van der Waals surface area (Å²) in [5, 5.41) is 3.47. The molecule has 1 heterocycles. The van der Waals surface area contributed by atoms with Gasteiger partial charge in [-0.05, 0) is 38.4 Å². The Hall–Kier alpha value is -1.39. The molecule has 1 aromatic carbocycles. The summed E-state index contributed by atoms with van der Waals surface area (Å²) < 4.78 is 4.93. The van der Waals surface area contributed by atoms with E-state index in [9.17, 15) is 4.79 Å². The van der Waals surface area contributed by atoms with Gasteiger partial charge < -0.3 is 10.1 Å². The van der Waals surface area contributed by atoms with E-state index in [1.54, 1.807) is 0 Å². The van der Waals surface area contributed by atoms with E-state index < -0.39 is 0 Å². The zero-order valence-corrected chi connectivity index (χ0v) is 12.9. The van der Waals surface area contributed by atoms with Crippen molar-refractivity contribution in [2.45, 2.75) is 38.8 Å². The van der Waals surface area contributed by atoms with Crippen LogP contribution in [0.15, 0.2) is 30.3 Å². The first kappa shape index (κ1) is 16.0. The summed E-state index contributed by atoms with van der Waals surface area (Å²) in [7, 11) is 0. The molecule has 1 N–H and O–H groups in total. The minimum atomic E-state index is -0.105. The van der Waals surface area contributed by atoms with Crippen molar-refractivity contribution < 1.29 is 9.53 Å². The summed E-state index contributed by atoms with van der Waals surface area (Å²) in [5.41, 5.74) is 1.38. The second kappa shape index (κ2) is 8.80. The molecular formula is C17H26N2O2. The highest BCUT2D eigenvalue weighted by Crippen LogP contribution is 2.13. The maximum absolute atomic E-state index is 11.3. The summed E-state index contributed by atoms with van der Waals surface area (Å²) in [5.74, 6) is -0.105. The highest BCUT2D eigenvalue weighted by molar-refractivity contribution is 5.69. The molecule has 0 unspecified atom stereocenters. The number of carbonyl (C=O) groups is 1. The fourth-order valence-corrected chi connectivity index (χ4v) is 2.75. The molecule has 0 atom stereocenters. The van der Waals surface area contributed by atoms with E-state index in [-0.39, 0.29) is 5.97 Å². The van der Waals surface area contributed by atoms with Crippen molar-refractivity contribution in [2.24, 2.45) is 0 Å². The monoisotopic (exact) mass is 290 g/mol. The maximum Gasteiger partial charge on any atom is 0.307 e. The zero-order chi connectivity index (χ0) is 14.9. The summed E-state index contributed by atoms with van der Waals surface area (Å²) >= 11 is 0. The first-order valence-corrected chi connectivity index (χ1v) is 7.93. The van der Waals surface area contributed by atoms with Crippen LogP contribution in [0, 0.1) is 0 Å². The molecule has 4 nitrogen and oxygen atoms in total. The number of piperidine rings is 1. The lowest BCUT2D eigenvalue weighted by Crippen LogP contribution is -2.42. The molecule has 0 aliphatic carbocycles. The fraction of sp³-hybridized carbons (Fsp3) is 0.588. The van der Waals surface area contributed by atoms with Crippen LogP contribution in [-0.4, -0.2) is 43.2 Å². The molecule has 116 valence electrons. The Balaban J connectivity index is 1.61. The average Bonchev–Trinajstić information content (AvgIpc) is 2.50. The van der Waals surface area contributed by atoms with Gasteiger partial charge in [0.2, 0.25) is 0 Å². The van der Waals surface area contributed by atoms with Crippen LogP contribution in [0.4, 0.5) is 0 Å². The van der Waals surface area contributed by atoms with E-state index in [2.05, 4.69) is 40.5 Å². The van der Waals surface area contributed by atoms with Gasteiger partial charge in [0.1, 0.15) is 0 Å². The SMILES string of the molecule is CCOC(=O)CCNC1CCN(Cc2ccccc2)CC1. The predicted octanol–water partition coefficient (Wildman–Crippen LogP) is 2.19. The molecule has 1 aromatic rings. The van der Waals surface area contributed by atoms with Gasteiger partial charge in [0.15, 0.2) is 0 Å². The summed E-state index contributed by atoms with van der Waals surface area (Å²) in [6.45, 7) is 6.31. The van der Waals surface area contributed by atoms with Gasteiger partial charge in [0.05, 0.1) is 13.0 Å². The van der Waals surface area contributed by atoms with E-state index in [0.29, 0.717) is 19.1 Å². The van der Waals surface area contributed by atoms with E-state index >= 15 is 0 Å². The summed E-state index contributed by atoms with van der Waals surface area (Å²) in [6.07, 6.45) is 2.77. The van der Waals surface area contributed by atoms with Crippen LogP contribution in [0.25, 0.3) is 0 Å². The Kier molecular flexibility index (Phi) is 6.70. The van der Waals surface area contributed by atoms with Gasteiger partial charge in [-0.25, -0.2) is 0 Å². The largest absolute Gasteiger partial charge is 0.466 e. The molecule has 1 aliphatic rings. The average molecular weight is 290 g/mol. The van der Waals surface area contributed by atoms with Crippen LogP contribution < -0.4 is 5.32 Å². The van der Waals surface area contributed by atoms with Crippen molar-refractivity contribution in [2.75, 3.05) is 26.2 Å². The smallest absolute Gasteiger partial charge is 0.307 e. The van der Waals surface area contributed by atoms with Gasteiger partial charge in [-0.15, -0.1) is 0 Å². The number of carbonyl (C=O) groups excluding carboxylic acids is 1. The third-order valence-corrected chi connectivity index (χ3v) is 3.90. The standard InChI is InChI=1S/C17H26N2O2/c1-2-21-17(20)8-11-18-16-9-12-19(13-10-16)14-15-6-4-3-5-7-15/h3-7,16,18H,2,8-14H2,1H3. The van der Waals surface area contributed by atoms with Crippen molar-refractivity contribution in [3.63, 3.8) is 0 Å². The van der Waals surface area contributed by atoms with E-state index in [1.165, 1.54) is 5.56 Å². The summed E-state index contributed by atoms with van der Waals surface area (Å²) in [6, 6.07) is 11.2. The molecule has 0 amide bonds. The van der Waals surface area contributed by atoms with Crippen LogP contribution in [0.5, 0.6) is 0 Å². The van der Waals surface area contributed by atoms with E-state index in [1.807, 2.05) is 6.92 Å². The van der Waals surface area contributed by atoms with Gasteiger partial charge in [-0.2, -0.15) is 0 Å². The first-order chi connectivity index (χ1) is 10.3. The van der Waals surface area contributed by atoms with Gasteiger partial charge >= 0.3 is 5.97 Å². The third-order valence-electron chi connectivity index (χ3n) is 3.90. The predicted molar refractivity (Wildman–Crippen MR) is 84.0 cm³/mol. The highest BCUT2D eigenvalue weighted by atomic mass is 16.5. The molecule has 1 saturated heterocycles. The second-order valence-electron chi connectivity index (χ2n) is 5.55. The van der Waals surface area contributed by atoms with Crippen molar-refractivity contribution in [3.05, 3.63) is 35.9 Å². The molecule has 0 spiro atoms. The van der Waals surface area contributed by atoms with Crippen LogP contribution >= 0.6 is 0 Å². The molecule has 2 rings (SSSR count). The first-order valence-electron chi connectivity index (χ1n) is 7.93. The van der Waals surface area contributed by atoms with E-state index in [4.69, 9.17) is 4.74 Å². The molecule has 21 heavy (non-hydrogen) atoms. The van der Waals surface area contributed by atoms with E-state index in [0.717, 1.165) is 39.0 Å². The van der Waals surface area contributed by atoms with Crippen LogP contribution in [0.3, 0.4) is 0 Å². The molecular weight excluding hydrogens is 264 g/mol. The van der Waals surface area contributed by atoms with Crippen LogP contribution in [0.1, 0.15) is 31.7 Å². The molecule has 0 bridgehead atoms. The number of esters is 1. The molecule has 0 radical (unpaired) electrons. The number of likely N-dealkylation sites (tertiary alicyclic amines) is 1. The molecule has 4 heteroatoms.